The molecule has 1 fully saturated rings. The maximum Gasteiger partial charge on any atom is 0.276 e. The third-order valence-corrected chi connectivity index (χ3v) is 7.50. The molecule has 9 nitrogen and oxygen atoms in total. The number of carbonyl (C=O) groups is 3. The lowest BCUT2D eigenvalue weighted by Crippen LogP contribution is -2.61. The van der Waals surface area contributed by atoms with Gasteiger partial charge in [-0.1, -0.05) is 76.8 Å². The molecule has 1 atom stereocenters. The van der Waals surface area contributed by atoms with E-state index in [1.807, 2.05) is 47.0 Å². The van der Waals surface area contributed by atoms with Crippen LogP contribution in [0.3, 0.4) is 0 Å². The maximum absolute atomic E-state index is 13.6. The van der Waals surface area contributed by atoms with Crippen LogP contribution in [0.15, 0.2) is 33.9 Å². The fourth-order valence-electron chi connectivity index (χ4n) is 4.68. The van der Waals surface area contributed by atoms with E-state index in [-0.39, 0.29) is 17.0 Å². The fraction of sp³-hybridized carbons (Fsp3) is 0.607. The molecular weight excluding hydrogens is 502 g/mol. The summed E-state index contributed by atoms with van der Waals surface area (Å²) in [6.45, 7) is 6.84. The van der Waals surface area contributed by atoms with E-state index in [0.29, 0.717) is 30.0 Å². The monoisotopic (exact) mass is 543 g/mol. The average Bonchev–Trinajstić information content (AvgIpc) is 3.32. The first kappa shape index (κ1) is 29.8. The van der Waals surface area contributed by atoms with Crippen molar-refractivity contribution in [2.24, 2.45) is 0 Å². The summed E-state index contributed by atoms with van der Waals surface area (Å²) < 4.78 is 5.78. The zero-order chi connectivity index (χ0) is 27.7. The molecule has 3 amide bonds. The van der Waals surface area contributed by atoms with Gasteiger partial charge < -0.3 is 14.6 Å². The minimum atomic E-state index is -1.14. The number of nitrogens with one attached hydrogen (secondary N) is 2. The second kappa shape index (κ2) is 13.9. The van der Waals surface area contributed by atoms with E-state index in [2.05, 4.69) is 25.7 Å². The molecule has 2 N–H and O–H groups in total. The van der Waals surface area contributed by atoms with Crippen molar-refractivity contribution in [2.75, 3.05) is 14.1 Å². The van der Waals surface area contributed by atoms with Crippen LogP contribution in [0.1, 0.15) is 99.9 Å². The number of hydrogen-bond acceptors (Lipinski definition) is 8. The molecule has 1 heterocycles. The number of aromatic nitrogens is 2. The lowest BCUT2D eigenvalue weighted by molar-refractivity contribution is -0.136. The number of amides is 3. The summed E-state index contributed by atoms with van der Waals surface area (Å²) in [5.41, 5.74) is 0.436. The second-order valence-electron chi connectivity index (χ2n) is 10.6. The molecule has 0 saturated heterocycles. The molecule has 3 rings (SSSR count). The summed E-state index contributed by atoms with van der Waals surface area (Å²) in [4.78, 5) is 42.2. The third kappa shape index (κ3) is 8.14. The molecule has 208 valence electrons. The van der Waals surface area contributed by atoms with Gasteiger partial charge in [0.25, 0.3) is 17.0 Å². The van der Waals surface area contributed by atoms with Crippen LogP contribution in [0.25, 0.3) is 0 Å². The van der Waals surface area contributed by atoms with Gasteiger partial charge in [-0.3, -0.25) is 19.7 Å². The molecule has 0 spiro atoms. The number of benzene rings is 1. The minimum absolute atomic E-state index is 0.214. The number of thioether (sulfide) groups is 1. The molecule has 1 saturated carbocycles. The molecule has 38 heavy (non-hydrogen) atoms. The van der Waals surface area contributed by atoms with Crippen molar-refractivity contribution in [3.8, 4) is 0 Å². The van der Waals surface area contributed by atoms with Crippen LogP contribution < -0.4 is 10.6 Å². The van der Waals surface area contributed by atoms with Crippen molar-refractivity contribution in [3.63, 3.8) is 0 Å². The molecule has 0 bridgehead atoms. The van der Waals surface area contributed by atoms with Gasteiger partial charge in [0.15, 0.2) is 0 Å². The zero-order valence-electron chi connectivity index (χ0n) is 23.2. The summed E-state index contributed by atoms with van der Waals surface area (Å²) in [6.07, 6.45) is 5.67. The Morgan fingerprint density at radius 1 is 1.08 bits per heavy atom. The van der Waals surface area contributed by atoms with Crippen LogP contribution >= 0.6 is 11.8 Å². The molecule has 0 aliphatic heterocycles. The van der Waals surface area contributed by atoms with Crippen LogP contribution in [0, 0.1) is 0 Å². The van der Waals surface area contributed by atoms with Crippen molar-refractivity contribution >= 4 is 29.5 Å². The van der Waals surface area contributed by atoms with Gasteiger partial charge in [-0.25, -0.2) is 0 Å². The van der Waals surface area contributed by atoms with Crippen molar-refractivity contribution in [2.45, 2.75) is 101 Å². The van der Waals surface area contributed by atoms with E-state index in [1.165, 1.54) is 11.8 Å². The van der Waals surface area contributed by atoms with E-state index in [4.69, 9.17) is 4.42 Å². The number of nitrogens with zero attached hydrogens (tertiary/aromatic N) is 3. The highest BCUT2D eigenvalue weighted by molar-refractivity contribution is 7.99. The number of carbonyl (C=O) groups excluding carboxylic acids is 3. The van der Waals surface area contributed by atoms with Gasteiger partial charge >= 0.3 is 0 Å². The molecule has 1 aromatic carbocycles. The highest BCUT2D eigenvalue weighted by atomic mass is 32.2. The molecule has 1 unspecified atom stereocenters. The molecule has 0 radical (unpaired) electrons. The lowest BCUT2D eigenvalue weighted by Gasteiger charge is -2.36. The predicted octanol–water partition coefficient (Wildman–Crippen LogP) is 4.68. The molecule has 1 aliphatic rings. The van der Waals surface area contributed by atoms with E-state index in [0.717, 1.165) is 44.2 Å². The summed E-state index contributed by atoms with van der Waals surface area (Å²) in [5, 5.41) is 14.4. The number of imide groups is 1. The molecule has 1 aliphatic carbocycles. The first-order valence-electron chi connectivity index (χ1n) is 13.5. The quantitative estimate of drug-likeness (QED) is 0.371. The Kier molecular flexibility index (Phi) is 10.9. The van der Waals surface area contributed by atoms with Gasteiger partial charge in [0.05, 0.1) is 0 Å². The lowest BCUT2D eigenvalue weighted by atomic mass is 9.80. The van der Waals surface area contributed by atoms with E-state index in [9.17, 15) is 14.4 Å². The van der Waals surface area contributed by atoms with Crippen molar-refractivity contribution in [1.29, 1.82) is 0 Å². The van der Waals surface area contributed by atoms with Gasteiger partial charge in [0, 0.05) is 17.4 Å². The molecular formula is C28H41N5O4S. The Morgan fingerprint density at radius 3 is 2.37 bits per heavy atom. The van der Waals surface area contributed by atoms with Crippen molar-refractivity contribution < 1.29 is 18.8 Å². The number of rotatable bonds is 12. The highest BCUT2D eigenvalue weighted by Gasteiger charge is 2.43. The summed E-state index contributed by atoms with van der Waals surface area (Å²) >= 11 is 1.43. The molecule has 2 aromatic rings. The van der Waals surface area contributed by atoms with Crippen molar-refractivity contribution in [1.82, 2.24) is 25.7 Å². The summed E-state index contributed by atoms with van der Waals surface area (Å²) in [5.74, 6) is -1.78. The van der Waals surface area contributed by atoms with E-state index < -0.39 is 23.3 Å². The number of hydrogen-bond donors (Lipinski definition) is 2. The standard InChI is InChI=1S/C28H41N5O4S/c1-6-7-11-22(25-31-32-27(37-25)38-19(2)3)24(35)29-26(36)28(16-9-8-10-17-28)30-23(34)21-14-12-20(13-15-21)18-33(4)5/h12-15,19,22H,6-11,16-18H2,1-5H3,(H,30,34)(H,29,35,36). The third-order valence-electron chi connectivity index (χ3n) is 6.67. The predicted molar refractivity (Wildman–Crippen MR) is 148 cm³/mol. The Labute approximate surface area is 229 Å². The molecule has 1 aromatic heterocycles. The van der Waals surface area contributed by atoms with Crippen molar-refractivity contribution in [3.05, 3.63) is 41.3 Å². The maximum atomic E-state index is 13.6. The van der Waals surface area contributed by atoms with Gasteiger partial charge in [0.1, 0.15) is 11.5 Å². The Hall–Kier alpha value is -2.72. The van der Waals surface area contributed by atoms with Crippen LogP contribution in [-0.4, -0.2) is 57.7 Å². The fourth-order valence-corrected chi connectivity index (χ4v) is 5.31. The van der Waals surface area contributed by atoms with Gasteiger partial charge in [0.2, 0.25) is 11.8 Å². The zero-order valence-corrected chi connectivity index (χ0v) is 24.0. The topological polar surface area (TPSA) is 117 Å². The van der Waals surface area contributed by atoms with E-state index in [1.54, 1.807) is 12.1 Å². The van der Waals surface area contributed by atoms with Gasteiger partial charge in [-0.2, -0.15) is 0 Å². The summed E-state index contributed by atoms with van der Waals surface area (Å²) in [6, 6.07) is 7.38. The minimum Gasteiger partial charge on any atom is -0.415 e. The van der Waals surface area contributed by atoms with Crippen LogP contribution in [0.5, 0.6) is 0 Å². The summed E-state index contributed by atoms with van der Waals surface area (Å²) in [7, 11) is 3.98. The first-order valence-corrected chi connectivity index (χ1v) is 14.4. The average molecular weight is 544 g/mol. The highest BCUT2D eigenvalue weighted by Crippen LogP contribution is 2.31. The van der Waals surface area contributed by atoms with Crippen LogP contribution in [0.2, 0.25) is 0 Å². The van der Waals surface area contributed by atoms with Crippen LogP contribution in [0.4, 0.5) is 0 Å². The second-order valence-corrected chi connectivity index (χ2v) is 12.1. The number of unbranched alkanes of at least 4 members (excludes halogenated alkanes) is 1. The molecule has 10 heteroatoms. The van der Waals surface area contributed by atoms with E-state index >= 15 is 0 Å². The first-order chi connectivity index (χ1) is 18.1. The normalized spacial score (nSPS) is 15.9. The largest absolute Gasteiger partial charge is 0.415 e. The van der Waals surface area contributed by atoms with Crippen LogP contribution in [-0.2, 0) is 16.1 Å². The Bertz CT molecular complexity index is 1080. The van der Waals surface area contributed by atoms with Gasteiger partial charge in [-0.05, 0) is 51.1 Å². The smallest absolute Gasteiger partial charge is 0.276 e. The Morgan fingerprint density at radius 2 is 1.76 bits per heavy atom. The van der Waals surface area contributed by atoms with Gasteiger partial charge in [-0.15, -0.1) is 10.2 Å². The Balaban J connectivity index is 1.75. The SMILES string of the molecule is CCCCC(C(=O)NC(=O)C1(NC(=O)c2ccc(CN(C)C)cc2)CCCCC1)c1nnc(SC(C)C)o1.